The first-order valence-electron chi connectivity index (χ1n) is 8.93. The van der Waals surface area contributed by atoms with E-state index < -0.39 is 11.0 Å². The maximum Gasteiger partial charge on any atom is 0.343 e. The first-order chi connectivity index (χ1) is 14.0. The van der Waals surface area contributed by atoms with Gasteiger partial charge in [-0.3, -0.25) is 4.79 Å². The molecule has 2 aromatic heterocycles. The van der Waals surface area contributed by atoms with Gasteiger partial charge in [-0.05, 0) is 37.3 Å². The van der Waals surface area contributed by atoms with Crippen LogP contribution in [0.25, 0.3) is 11.0 Å². The molecule has 0 fully saturated rings. The summed E-state index contributed by atoms with van der Waals surface area (Å²) in [5, 5.41) is 11.2. The highest BCUT2D eigenvalue weighted by molar-refractivity contribution is 6.31. The molecule has 1 atom stereocenters. The van der Waals surface area contributed by atoms with Crippen LogP contribution < -0.4 is 16.3 Å². The maximum absolute atomic E-state index is 13.6. The number of carbonyl (C=O) groups excluding carboxylic acids is 1. The van der Waals surface area contributed by atoms with Crippen LogP contribution in [0.1, 0.15) is 22.4 Å². The Balaban J connectivity index is 1.86. The zero-order valence-electron chi connectivity index (χ0n) is 15.0. The number of benzene rings is 2. The number of halogens is 1. The first-order valence-corrected chi connectivity index (χ1v) is 9.31. The normalized spacial score (nSPS) is 18.9. The fourth-order valence-corrected chi connectivity index (χ4v) is 4.70. The number of aryl methyl sites for hydroxylation is 1. The Morgan fingerprint density at radius 2 is 1.90 bits per heavy atom. The van der Waals surface area contributed by atoms with Gasteiger partial charge < -0.3 is 19.6 Å². The van der Waals surface area contributed by atoms with E-state index in [-0.39, 0.29) is 11.5 Å². The topological polar surface area (TPSA) is 97.4 Å². The van der Waals surface area contributed by atoms with E-state index in [4.69, 9.17) is 20.5 Å². The standard InChI is InChI=1S/C21H12ClN3O4/c1-9-15-18(29-25-9)24-17-11-4-2-3-5-14(11)28-19(26)16(17)21(15)12-8-10(22)6-7-13(12)23-20(21)27/h2-8,24H,1H3,(H,23,27). The molecule has 142 valence electrons. The number of amides is 1. The van der Waals surface area contributed by atoms with Crippen molar-refractivity contribution in [2.75, 3.05) is 10.6 Å². The third-order valence-corrected chi connectivity index (χ3v) is 5.87. The molecule has 6 rings (SSSR count). The van der Waals surface area contributed by atoms with Crippen molar-refractivity contribution < 1.29 is 13.7 Å². The molecule has 0 aliphatic carbocycles. The molecule has 4 heterocycles. The van der Waals surface area contributed by atoms with Gasteiger partial charge in [-0.25, -0.2) is 4.79 Å². The molecular formula is C21H12ClN3O4. The Morgan fingerprint density at radius 1 is 1.07 bits per heavy atom. The molecule has 2 aliphatic rings. The fourth-order valence-electron chi connectivity index (χ4n) is 4.53. The zero-order chi connectivity index (χ0) is 19.9. The Morgan fingerprint density at radius 3 is 2.76 bits per heavy atom. The molecule has 1 unspecified atom stereocenters. The highest BCUT2D eigenvalue weighted by Gasteiger charge is 2.58. The number of nitrogens with zero attached hydrogens (tertiary/aromatic N) is 1. The number of anilines is 3. The summed E-state index contributed by atoms with van der Waals surface area (Å²) >= 11 is 6.28. The zero-order valence-corrected chi connectivity index (χ0v) is 15.8. The Labute approximate surface area is 168 Å². The van der Waals surface area contributed by atoms with Crippen molar-refractivity contribution in [3.8, 4) is 0 Å². The van der Waals surface area contributed by atoms with Crippen LogP contribution in [-0.2, 0) is 10.2 Å². The smallest absolute Gasteiger partial charge is 0.343 e. The number of para-hydroxylation sites is 1. The predicted molar refractivity (Wildman–Crippen MR) is 107 cm³/mol. The summed E-state index contributed by atoms with van der Waals surface area (Å²) in [6.07, 6.45) is 0. The van der Waals surface area contributed by atoms with E-state index in [1.807, 2.05) is 12.1 Å². The fraction of sp³-hybridized carbons (Fsp3) is 0.0952. The number of nitrogens with one attached hydrogen (secondary N) is 2. The number of rotatable bonds is 0. The summed E-state index contributed by atoms with van der Waals surface area (Å²) in [5.41, 5.74) is 1.07. The van der Waals surface area contributed by atoms with Crippen molar-refractivity contribution in [1.82, 2.24) is 5.16 Å². The molecule has 2 N–H and O–H groups in total. The van der Waals surface area contributed by atoms with Crippen LogP contribution in [0.3, 0.4) is 0 Å². The lowest BCUT2D eigenvalue weighted by atomic mass is 9.68. The molecule has 1 spiro atoms. The minimum Gasteiger partial charge on any atom is -0.422 e. The first kappa shape index (κ1) is 16.4. The Kier molecular flexibility index (Phi) is 2.98. The Hall–Kier alpha value is -3.58. The van der Waals surface area contributed by atoms with E-state index in [1.165, 1.54) is 0 Å². The van der Waals surface area contributed by atoms with E-state index in [0.29, 0.717) is 50.1 Å². The summed E-state index contributed by atoms with van der Waals surface area (Å²) in [4.78, 5) is 26.8. The highest BCUT2D eigenvalue weighted by atomic mass is 35.5. The summed E-state index contributed by atoms with van der Waals surface area (Å²) in [6, 6.07) is 12.2. The van der Waals surface area contributed by atoms with Crippen LogP contribution in [0.5, 0.6) is 0 Å². The number of carbonyl (C=O) groups is 1. The van der Waals surface area contributed by atoms with Gasteiger partial charge in [0.2, 0.25) is 11.8 Å². The van der Waals surface area contributed by atoms with Crippen LogP contribution in [-0.4, -0.2) is 11.1 Å². The van der Waals surface area contributed by atoms with E-state index in [9.17, 15) is 9.59 Å². The van der Waals surface area contributed by atoms with E-state index in [0.717, 1.165) is 0 Å². The minimum atomic E-state index is -1.48. The minimum absolute atomic E-state index is 0.188. The average molecular weight is 406 g/mol. The second-order valence-corrected chi connectivity index (χ2v) is 7.56. The number of hydrogen-bond acceptors (Lipinski definition) is 6. The SMILES string of the molecule is Cc1noc2c1C1(C(=O)Nc3ccc(Cl)cc31)c1c(c3ccccc3oc1=O)N2. The molecule has 4 aromatic rings. The van der Waals surface area contributed by atoms with Gasteiger partial charge in [-0.2, -0.15) is 0 Å². The van der Waals surface area contributed by atoms with E-state index >= 15 is 0 Å². The van der Waals surface area contributed by atoms with Crippen molar-refractivity contribution in [1.29, 1.82) is 0 Å². The van der Waals surface area contributed by atoms with Gasteiger partial charge in [-0.1, -0.05) is 28.9 Å². The molecule has 1 amide bonds. The quantitative estimate of drug-likeness (QED) is 0.428. The molecule has 29 heavy (non-hydrogen) atoms. The largest absolute Gasteiger partial charge is 0.422 e. The summed E-state index contributed by atoms with van der Waals surface area (Å²) in [5.74, 6) is -0.0682. The molecule has 8 heteroatoms. The molecule has 2 aliphatic heterocycles. The van der Waals surface area contributed by atoms with Crippen molar-refractivity contribution in [2.24, 2.45) is 0 Å². The van der Waals surface area contributed by atoms with Crippen LogP contribution >= 0.6 is 11.6 Å². The maximum atomic E-state index is 13.6. The highest BCUT2D eigenvalue weighted by Crippen LogP contribution is 2.56. The van der Waals surface area contributed by atoms with Gasteiger partial charge in [-0.15, -0.1) is 0 Å². The van der Waals surface area contributed by atoms with Crippen LogP contribution in [0.4, 0.5) is 17.3 Å². The van der Waals surface area contributed by atoms with Crippen molar-refractivity contribution in [3.05, 3.63) is 80.3 Å². The molecule has 0 saturated heterocycles. The van der Waals surface area contributed by atoms with Gasteiger partial charge in [0.1, 0.15) is 11.0 Å². The molecular weight excluding hydrogens is 394 g/mol. The third kappa shape index (κ3) is 1.85. The van der Waals surface area contributed by atoms with Crippen molar-refractivity contribution in [2.45, 2.75) is 12.3 Å². The number of aromatic nitrogens is 1. The van der Waals surface area contributed by atoms with Gasteiger partial charge in [0.15, 0.2) is 0 Å². The van der Waals surface area contributed by atoms with E-state index in [1.54, 1.807) is 37.3 Å². The van der Waals surface area contributed by atoms with Gasteiger partial charge in [0, 0.05) is 21.7 Å². The summed E-state index contributed by atoms with van der Waals surface area (Å²) < 4.78 is 11.1. The lowest BCUT2D eigenvalue weighted by Gasteiger charge is -2.33. The molecule has 0 radical (unpaired) electrons. The van der Waals surface area contributed by atoms with E-state index in [2.05, 4.69) is 15.8 Å². The lowest BCUT2D eigenvalue weighted by molar-refractivity contribution is -0.118. The average Bonchev–Trinajstić information content (AvgIpc) is 3.21. The second kappa shape index (κ2) is 5.27. The van der Waals surface area contributed by atoms with Crippen LogP contribution in [0.15, 0.2) is 56.2 Å². The van der Waals surface area contributed by atoms with Crippen molar-refractivity contribution in [3.63, 3.8) is 0 Å². The predicted octanol–water partition coefficient (Wildman–Crippen LogP) is 4.09. The lowest BCUT2D eigenvalue weighted by Crippen LogP contribution is -2.44. The molecule has 0 bridgehead atoms. The van der Waals surface area contributed by atoms with Gasteiger partial charge in [0.25, 0.3) is 0 Å². The second-order valence-electron chi connectivity index (χ2n) is 7.13. The molecule has 7 nitrogen and oxygen atoms in total. The number of fused-ring (bicyclic) bond motifs is 8. The van der Waals surface area contributed by atoms with Crippen LogP contribution in [0.2, 0.25) is 5.02 Å². The van der Waals surface area contributed by atoms with Crippen molar-refractivity contribution >= 4 is 45.7 Å². The Bertz CT molecular complexity index is 1440. The van der Waals surface area contributed by atoms with Crippen LogP contribution in [0, 0.1) is 6.92 Å². The summed E-state index contributed by atoms with van der Waals surface area (Å²) in [6.45, 7) is 1.73. The third-order valence-electron chi connectivity index (χ3n) is 5.64. The van der Waals surface area contributed by atoms with Gasteiger partial charge in [0.05, 0.1) is 22.5 Å². The molecule has 0 saturated carbocycles. The summed E-state index contributed by atoms with van der Waals surface area (Å²) in [7, 11) is 0. The molecule has 2 aromatic carbocycles. The van der Waals surface area contributed by atoms with Gasteiger partial charge >= 0.3 is 5.63 Å². The monoisotopic (exact) mass is 405 g/mol. The number of hydrogen-bond donors (Lipinski definition) is 2.